The van der Waals surface area contributed by atoms with E-state index in [2.05, 4.69) is 5.32 Å². The van der Waals surface area contributed by atoms with E-state index in [1.165, 1.54) is 12.1 Å². The molecule has 0 saturated carbocycles. The fourth-order valence-electron chi connectivity index (χ4n) is 1.98. The first-order valence-corrected chi connectivity index (χ1v) is 6.33. The fraction of sp³-hybridized carbons (Fsp3) is 0.200. The van der Waals surface area contributed by atoms with E-state index < -0.39 is 0 Å². The van der Waals surface area contributed by atoms with Crippen molar-refractivity contribution in [2.75, 3.05) is 6.54 Å². The van der Waals surface area contributed by atoms with E-state index >= 15 is 0 Å². The van der Waals surface area contributed by atoms with E-state index in [-0.39, 0.29) is 11.9 Å². The molecule has 0 radical (unpaired) electrons. The van der Waals surface area contributed by atoms with Crippen LogP contribution in [0.1, 0.15) is 24.1 Å². The minimum absolute atomic E-state index is 0.00991. The van der Waals surface area contributed by atoms with Gasteiger partial charge in [-0.25, -0.2) is 4.39 Å². The molecule has 0 aliphatic carbocycles. The Morgan fingerprint density at radius 1 is 1.11 bits per heavy atom. The maximum Gasteiger partial charge on any atom is 0.123 e. The molecule has 0 aromatic heterocycles. The highest BCUT2D eigenvalue weighted by Crippen LogP contribution is 2.28. The maximum absolute atomic E-state index is 13.0. The van der Waals surface area contributed by atoms with Gasteiger partial charge in [0.05, 0.1) is 6.04 Å². The predicted octanol–water partition coefficient (Wildman–Crippen LogP) is 4.18. The van der Waals surface area contributed by atoms with Gasteiger partial charge < -0.3 is 5.32 Å². The largest absolute Gasteiger partial charge is 0.306 e. The van der Waals surface area contributed by atoms with Gasteiger partial charge in [-0.3, -0.25) is 0 Å². The van der Waals surface area contributed by atoms with E-state index in [0.717, 1.165) is 17.7 Å². The Balaban J connectivity index is 2.40. The summed E-state index contributed by atoms with van der Waals surface area (Å²) < 4.78 is 13.0. The molecule has 2 aromatic rings. The topological polar surface area (TPSA) is 12.0 Å². The van der Waals surface area contributed by atoms with Gasteiger partial charge in [0.15, 0.2) is 0 Å². The summed E-state index contributed by atoms with van der Waals surface area (Å²) in [6.07, 6.45) is 0. The van der Waals surface area contributed by atoms with Crippen LogP contribution in [0.5, 0.6) is 0 Å². The lowest BCUT2D eigenvalue weighted by Crippen LogP contribution is -2.22. The second-order valence-corrected chi connectivity index (χ2v) is 4.47. The highest BCUT2D eigenvalue weighted by Gasteiger charge is 2.15. The van der Waals surface area contributed by atoms with Crippen LogP contribution in [-0.2, 0) is 0 Å². The van der Waals surface area contributed by atoms with E-state index in [9.17, 15) is 4.39 Å². The van der Waals surface area contributed by atoms with Crippen LogP contribution in [0.4, 0.5) is 4.39 Å². The average Bonchev–Trinajstić information content (AvgIpc) is 2.38. The first kappa shape index (κ1) is 13.1. The van der Waals surface area contributed by atoms with E-state index in [0.29, 0.717) is 5.02 Å². The van der Waals surface area contributed by atoms with Gasteiger partial charge in [0.2, 0.25) is 0 Å². The zero-order chi connectivity index (χ0) is 13.0. The Morgan fingerprint density at radius 2 is 1.78 bits per heavy atom. The summed E-state index contributed by atoms with van der Waals surface area (Å²) in [5.74, 6) is -0.229. The van der Waals surface area contributed by atoms with E-state index in [1.807, 2.05) is 31.2 Å². The number of rotatable bonds is 4. The number of hydrogen-bond acceptors (Lipinski definition) is 1. The lowest BCUT2D eigenvalue weighted by atomic mass is 9.98. The molecule has 18 heavy (non-hydrogen) atoms. The Hall–Kier alpha value is -1.38. The van der Waals surface area contributed by atoms with Gasteiger partial charge in [-0.05, 0) is 35.9 Å². The molecule has 0 fully saturated rings. The molecule has 1 N–H and O–H groups in total. The van der Waals surface area contributed by atoms with Crippen LogP contribution in [0.2, 0.25) is 5.02 Å². The van der Waals surface area contributed by atoms with Crippen LogP contribution in [0.15, 0.2) is 48.5 Å². The maximum atomic E-state index is 13.0. The SMILES string of the molecule is CCNC(c1ccc(F)cc1)c1ccccc1Cl. The van der Waals surface area contributed by atoms with Gasteiger partial charge in [-0.1, -0.05) is 48.9 Å². The highest BCUT2D eigenvalue weighted by atomic mass is 35.5. The molecular formula is C15H15ClFN. The quantitative estimate of drug-likeness (QED) is 0.873. The summed E-state index contributed by atoms with van der Waals surface area (Å²) in [5, 5.41) is 4.08. The van der Waals surface area contributed by atoms with Crippen LogP contribution in [0.25, 0.3) is 0 Å². The summed E-state index contributed by atoms with van der Waals surface area (Å²) in [4.78, 5) is 0. The molecule has 2 aromatic carbocycles. The van der Waals surface area contributed by atoms with E-state index in [4.69, 9.17) is 11.6 Å². The monoisotopic (exact) mass is 263 g/mol. The molecule has 1 atom stereocenters. The van der Waals surface area contributed by atoms with Gasteiger partial charge in [0, 0.05) is 5.02 Å². The third-order valence-corrected chi connectivity index (χ3v) is 3.17. The smallest absolute Gasteiger partial charge is 0.123 e. The molecule has 0 bridgehead atoms. The molecular weight excluding hydrogens is 249 g/mol. The summed E-state index contributed by atoms with van der Waals surface area (Å²) in [6.45, 7) is 2.85. The molecule has 0 spiro atoms. The fourth-order valence-corrected chi connectivity index (χ4v) is 2.22. The van der Waals surface area contributed by atoms with Gasteiger partial charge in [-0.15, -0.1) is 0 Å². The van der Waals surface area contributed by atoms with Crippen molar-refractivity contribution in [1.82, 2.24) is 5.32 Å². The van der Waals surface area contributed by atoms with Crippen LogP contribution in [0, 0.1) is 5.82 Å². The number of halogens is 2. The third kappa shape index (κ3) is 2.89. The van der Waals surface area contributed by atoms with Crippen LogP contribution >= 0.6 is 11.6 Å². The lowest BCUT2D eigenvalue weighted by Gasteiger charge is -2.20. The Labute approximate surface area is 112 Å². The number of nitrogens with one attached hydrogen (secondary N) is 1. The van der Waals surface area contributed by atoms with Crippen molar-refractivity contribution in [3.8, 4) is 0 Å². The molecule has 0 saturated heterocycles. The van der Waals surface area contributed by atoms with Crippen molar-refractivity contribution in [2.45, 2.75) is 13.0 Å². The lowest BCUT2D eigenvalue weighted by molar-refractivity contribution is 0.613. The Bertz CT molecular complexity index is 510. The van der Waals surface area contributed by atoms with Crippen molar-refractivity contribution >= 4 is 11.6 Å². The van der Waals surface area contributed by atoms with Gasteiger partial charge in [-0.2, -0.15) is 0 Å². The molecule has 0 aliphatic heterocycles. The number of benzene rings is 2. The van der Waals surface area contributed by atoms with Crippen molar-refractivity contribution in [3.63, 3.8) is 0 Å². The molecule has 2 rings (SSSR count). The van der Waals surface area contributed by atoms with Crippen molar-refractivity contribution in [1.29, 1.82) is 0 Å². The summed E-state index contributed by atoms with van der Waals surface area (Å²) >= 11 is 6.22. The second-order valence-electron chi connectivity index (χ2n) is 4.06. The summed E-state index contributed by atoms with van der Waals surface area (Å²) in [6, 6.07) is 14.2. The van der Waals surface area contributed by atoms with Crippen LogP contribution in [-0.4, -0.2) is 6.54 Å². The van der Waals surface area contributed by atoms with Crippen LogP contribution < -0.4 is 5.32 Å². The highest BCUT2D eigenvalue weighted by molar-refractivity contribution is 6.31. The Kier molecular flexibility index (Phi) is 4.34. The van der Waals surface area contributed by atoms with Crippen molar-refractivity contribution in [3.05, 3.63) is 70.5 Å². The molecule has 1 nitrogen and oxygen atoms in total. The van der Waals surface area contributed by atoms with E-state index in [1.54, 1.807) is 12.1 Å². The first-order chi connectivity index (χ1) is 8.72. The zero-order valence-electron chi connectivity index (χ0n) is 10.2. The molecule has 3 heteroatoms. The molecule has 94 valence electrons. The van der Waals surface area contributed by atoms with Crippen molar-refractivity contribution in [2.24, 2.45) is 0 Å². The van der Waals surface area contributed by atoms with Gasteiger partial charge in [0.25, 0.3) is 0 Å². The molecule has 0 aliphatic rings. The van der Waals surface area contributed by atoms with Crippen molar-refractivity contribution < 1.29 is 4.39 Å². The third-order valence-electron chi connectivity index (χ3n) is 2.83. The zero-order valence-corrected chi connectivity index (χ0v) is 10.9. The first-order valence-electron chi connectivity index (χ1n) is 5.95. The minimum atomic E-state index is -0.229. The summed E-state index contributed by atoms with van der Waals surface area (Å²) in [5.41, 5.74) is 2.01. The van der Waals surface area contributed by atoms with Gasteiger partial charge >= 0.3 is 0 Å². The van der Waals surface area contributed by atoms with Gasteiger partial charge in [0.1, 0.15) is 5.82 Å². The second kappa shape index (κ2) is 5.98. The Morgan fingerprint density at radius 3 is 2.39 bits per heavy atom. The molecule has 1 unspecified atom stereocenters. The molecule has 0 amide bonds. The summed E-state index contributed by atoms with van der Waals surface area (Å²) in [7, 11) is 0. The average molecular weight is 264 g/mol. The standard InChI is InChI=1S/C15H15ClFN/c1-2-18-15(11-7-9-12(17)10-8-11)13-5-3-4-6-14(13)16/h3-10,15,18H,2H2,1H3. The predicted molar refractivity (Wildman–Crippen MR) is 73.4 cm³/mol. The minimum Gasteiger partial charge on any atom is -0.306 e. The normalized spacial score (nSPS) is 12.4. The molecule has 0 heterocycles. The number of hydrogen-bond donors (Lipinski definition) is 1. The van der Waals surface area contributed by atoms with Crippen LogP contribution in [0.3, 0.4) is 0 Å².